The third-order valence-corrected chi connectivity index (χ3v) is 5.29. The van der Waals surface area contributed by atoms with Crippen LogP contribution < -0.4 is 0 Å². The van der Waals surface area contributed by atoms with Gasteiger partial charge in [-0.3, -0.25) is 4.90 Å². The molecular formula is C14H22N2OS. The molecule has 1 aromatic rings. The van der Waals surface area contributed by atoms with Crippen molar-refractivity contribution in [1.82, 2.24) is 9.88 Å². The fourth-order valence-electron chi connectivity index (χ4n) is 3.29. The molecule has 1 aromatic heterocycles. The molecular weight excluding hydrogens is 244 g/mol. The SMILES string of the molecule is CN(Cc1nc2c(s1)CCC2)CC1(O)CCCC1. The molecule has 1 saturated carbocycles. The van der Waals surface area contributed by atoms with E-state index in [-0.39, 0.29) is 0 Å². The van der Waals surface area contributed by atoms with Crippen LogP contribution in [0.25, 0.3) is 0 Å². The van der Waals surface area contributed by atoms with E-state index in [9.17, 15) is 5.11 Å². The zero-order chi connectivity index (χ0) is 12.6. The second-order valence-electron chi connectivity index (χ2n) is 5.93. The first kappa shape index (κ1) is 12.6. The van der Waals surface area contributed by atoms with E-state index in [1.807, 2.05) is 11.3 Å². The van der Waals surface area contributed by atoms with Crippen LogP contribution in [0.15, 0.2) is 0 Å². The molecule has 3 rings (SSSR count). The predicted octanol–water partition coefficient (Wildman–Crippen LogP) is 2.37. The number of nitrogens with zero attached hydrogens (tertiary/aromatic N) is 2. The smallest absolute Gasteiger partial charge is 0.107 e. The van der Waals surface area contributed by atoms with Crippen molar-refractivity contribution in [3.8, 4) is 0 Å². The van der Waals surface area contributed by atoms with Crippen LogP contribution in [-0.4, -0.2) is 34.2 Å². The lowest BCUT2D eigenvalue weighted by Crippen LogP contribution is -2.38. The molecule has 1 heterocycles. The standard InChI is InChI=1S/C14H22N2OS/c1-16(10-14(17)7-2-3-8-14)9-13-15-11-5-4-6-12(11)18-13/h17H,2-10H2,1H3. The number of rotatable bonds is 4. The van der Waals surface area contributed by atoms with Crippen molar-refractivity contribution in [1.29, 1.82) is 0 Å². The lowest BCUT2D eigenvalue weighted by atomic mass is 10.0. The van der Waals surface area contributed by atoms with Crippen LogP contribution in [0.3, 0.4) is 0 Å². The molecule has 0 aliphatic heterocycles. The molecule has 3 nitrogen and oxygen atoms in total. The summed E-state index contributed by atoms with van der Waals surface area (Å²) in [6.45, 7) is 1.68. The van der Waals surface area contributed by atoms with Gasteiger partial charge in [-0.25, -0.2) is 4.98 Å². The minimum atomic E-state index is -0.436. The maximum Gasteiger partial charge on any atom is 0.107 e. The van der Waals surface area contributed by atoms with Crippen LogP contribution >= 0.6 is 11.3 Å². The Morgan fingerprint density at radius 1 is 1.28 bits per heavy atom. The molecule has 0 atom stereocenters. The van der Waals surface area contributed by atoms with Gasteiger partial charge in [0.25, 0.3) is 0 Å². The number of likely N-dealkylation sites (N-methyl/N-ethyl adjacent to an activating group) is 1. The highest BCUT2D eigenvalue weighted by atomic mass is 32.1. The number of fused-ring (bicyclic) bond motifs is 1. The summed E-state index contributed by atoms with van der Waals surface area (Å²) in [6, 6.07) is 0. The molecule has 2 aliphatic rings. The Bertz CT molecular complexity index is 402. The van der Waals surface area contributed by atoms with Crippen LogP contribution in [0.2, 0.25) is 0 Å². The highest BCUT2D eigenvalue weighted by molar-refractivity contribution is 7.11. The Kier molecular flexibility index (Phi) is 3.43. The minimum absolute atomic E-state index is 0.436. The zero-order valence-electron chi connectivity index (χ0n) is 11.1. The average Bonchev–Trinajstić information content (AvgIpc) is 2.93. The Hall–Kier alpha value is -0.450. The van der Waals surface area contributed by atoms with Gasteiger partial charge in [0.05, 0.1) is 17.8 Å². The lowest BCUT2D eigenvalue weighted by Gasteiger charge is -2.27. The summed E-state index contributed by atoms with van der Waals surface area (Å²) in [5, 5.41) is 11.6. The van der Waals surface area contributed by atoms with Gasteiger partial charge in [0.1, 0.15) is 5.01 Å². The van der Waals surface area contributed by atoms with Crippen molar-refractivity contribution in [2.75, 3.05) is 13.6 Å². The highest BCUT2D eigenvalue weighted by Crippen LogP contribution is 2.31. The second-order valence-corrected chi connectivity index (χ2v) is 7.10. The summed E-state index contributed by atoms with van der Waals surface area (Å²) >= 11 is 1.87. The van der Waals surface area contributed by atoms with E-state index in [1.165, 1.54) is 47.7 Å². The quantitative estimate of drug-likeness (QED) is 0.909. The lowest BCUT2D eigenvalue weighted by molar-refractivity contribution is 0.0145. The number of aliphatic hydroxyl groups is 1. The van der Waals surface area contributed by atoms with E-state index in [0.717, 1.165) is 25.9 Å². The van der Waals surface area contributed by atoms with E-state index in [0.29, 0.717) is 0 Å². The van der Waals surface area contributed by atoms with Crippen molar-refractivity contribution in [2.24, 2.45) is 0 Å². The van der Waals surface area contributed by atoms with Crippen LogP contribution in [0.1, 0.15) is 47.7 Å². The fraction of sp³-hybridized carbons (Fsp3) is 0.786. The zero-order valence-corrected chi connectivity index (χ0v) is 11.9. The highest BCUT2D eigenvalue weighted by Gasteiger charge is 2.32. The normalized spacial score (nSPS) is 21.7. The van der Waals surface area contributed by atoms with Crippen LogP contribution in [0.5, 0.6) is 0 Å². The first-order chi connectivity index (χ1) is 8.65. The molecule has 0 bridgehead atoms. The molecule has 0 spiro atoms. The van der Waals surface area contributed by atoms with Gasteiger partial charge in [0.2, 0.25) is 0 Å². The van der Waals surface area contributed by atoms with E-state index in [4.69, 9.17) is 4.98 Å². The van der Waals surface area contributed by atoms with Crippen molar-refractivity contribution >= 4 is 11.3 Å². The summed E-state index contributed by atoms with van der Waals surface area (Å²) in [5.41, 5.74) is 0.900. The number of thiazole rings is 1. The number of aryl methyl sites for hydroxylation is 2. The Morgan fingerprint density at radius 3 is 2.78 bits per heavy atom. The van der Waals surface area contributed by atoms with Gasteiger partial charge in [-0.05, 0) is 39.2 Å². The van der Waals surface area contributed by atoms with E-state index in [2.05, 4.69) is 11.9 Å². The van der Waals surface area contributed by atoms with Crippen LogP contribution in [0.4, 0.5) is 0 Å². The Labute approximate surface area is 113 Å². The predicted molar refractivity (Wildman–Crippen MR) is 73.9 cm³/mol. The molecule has 100 valence electrons. The van der Waals surface area contributed by atoms with E-state index >= 15 is 0 Å². The van der Waals surface area contributed by atoms with Gasteiger partial charge in [-0.1, -0.05) is 12.8 Å². The second kappa shape index (κ2) is 4.91. The number of hydrogen-bond acceptors (Lipinski definition) is 4. The van der Waals surface area contributed by atoms with Gasteiger partial charge in [-0.15, -0.1) is 11.3 Å². The summed E-state index contributed by atoms with van der Waals surface area (Å²) in [4.78, 5) is 8.46. The van der Waals surface area contributed by atoms with Crippen LogP contribution in [-0.2, 0) is 19.4 Å². The summed E-state index contributed by atoms with van der Waals surface area (Å²) in [7, 11) is 2.10. The van der Waals surface area contributed by atoms with Crippen molar-refractivity contribution in [3.63, 3.8) is 0 Å². The third kappa shape index (κ3) is 2.60. The van der Waals surface area contributed by atoms with E-state index < -0.39 is 5.60 Å². The Morgan fingerprint density at radius 2 is 2.06 bits per heavy atom. The first-order valence-electron chi connectivity index (χ1n) is 7.03. The van der Waals surface area contributed by atoms with Gasteiger partial charge >= 0.3 is 0 Å². The van der Waals surface area contributed by atoms with Gasteiger partial charge in [0, 0.05) is 11.4 Å². The van der Waals surface area contributed by atoms with Crippen molar-refractivity contribution in [3.05, 3.63) is 15.6 Å². The van der Waals surface area contributed by atoms with Gasteiger partial charge in [-0.2, -0.15) is 0 Å². The number of hydrogen-bond donors (Lipinski definition) is 1. The minimum Gasteiger partial charge on any atom is -0.389 e. The molecule has 0 unspecified atom stereocenters. The van der Waals surface area contributed by atoms with Gasteiger partial charge < -0.3 is 5.11 Å². The van der Waals surface area contributed by atoms with E-state index in [1.54, 1.807) is 0 Å². The van der Waals surface area contributed by atoms with Gasteiger partial charge in [0.15, 0.2) is 0 Å². The van der Waals surface area contributed by atoms with Crippen LogP contribution in [0, 0.1) is 0 Å². The third-order valence-electron chi connectivity index (χ3n) is 4.14. The molecule has 0 saturated heterocycles. The topological polar surface area (TPSA) is 36.4 Å². The molecule has 0 aromatic carbocycles. The monoisotopic (exact) mass is 266 g/mol. The summed E-state index contributed by atoms with van der Waals surface area (Å²) < 4.78 is 0. The molecule has 18 heavy (non-hydrogen) atoms. The molecule has 0 radical (unpaired) electrons. The molecule has 0 amide bonds. The molecule has 1 N–H and O–H groups in total. The average molecular weight is 266 g/mol. The number of aromatic nitrogens is 1. The molecule has 1 fully saturated rings. The largest absolute Gasteiger partial charge is 0.389 e. The van der Waals surface area contributed by atoms with Crippen molar-refractivity contribution in [2.45, 2.75) is 57.1 Å². The Balaban J connectivity index is 1.58. The summed E-state index contributed by atoms with van der Waals surface area (Å²) in [6.07, 6.45) is 7.95. The summed E-state index contributed by atoms with van der Waals surface area (Å²) in [5.74, 6) is 0. The van der Waals surface area contributed by atoms with Crippen molar-refractivity contribution < 1.29 is 5.11 Å². The maximum absolute atomic E-state index is 10.4. The maximum atomic E-state index is 10.4. The molecule has 4 heteroatoms. The molecule has 2 aliphatic carbocycles. The first-order valence-corrected chi connectivity index (χ1v) is 7.85. The fourth-order valence-corrected chi connectivity index (χ4v) is 4.53.